The molecule has 0 aliphatic rings. The first-order chi connectivity index (χ1) is 14.3. The molecule has 2 heterocycles. The molecule has 3 aromatic rings. The second-order valence-electron chi connectivity index (χ2n) is 7.08. The van der Waals surface area contributed by atoms with Crippen LogP contribution in [0.25, 0.3) is 10.6 Å². The van der Waals surface area contributed by atoms with E-state index in [-0.39, 0.29) is 5.91 Å². The van der Waals surface area contributed by atoms with Crippen LogP contribution >= 0.6 is 34.3 Å². The molecular weight excluding hydrogens is 438 g/mol. The van der Waals surface area contributed by atoms with E-state index >= 15 is 0 Å². The Morgan fingerprint density at radius 3 is 2.50 bits per heavy atom. The molecule has 1 aromatic carbocycles. The van der Waals surface area contributed by atoms with Gasteiger partial charge in [-0.1, -0.05) is 35.9 Å². The SMILES string of the molecule is CN(C)CCN(C)C(=N)c1ccc(-c2nc(CNC(=O)c3ccc(Cl)s3)cs2)cc1. The third-order valence-electron chi connectivity index (χ3n) is 4.45. The third kappa shape index (κ3) is 5.89. The second kappa shape index (κ2) is 10.2. The number of hydrogen-bond donors (Lipinski definition) is 2. The van der Waals surface area contributed by atoms with E-state index in [1.54, 1.807) is 12.1 Å². The van der Waals surface area contributed by atoms with Crippen LogP contribution < -0.4 is 5.32 Å². The highest BCUT2D eigenvalue weighted by atomic mass is 35.5. The Morgan fingerprint density at radius 1 is 1.13 bits per heavy atom. The zero-order chi connectivity index (χ0) is 21.7. The first-order valence-corrected chi connectivity index (χ1v) is 11.4. The molecule has 0 atom stereocenters. The van der Waals surface area contributed by atoms with Gasteiger partial charge < -0.3 is 15.1 Å². The van der Waals surface area contributed by atoms with Crippen LogP contribution in [0.1, 0.15) is 20.9 Å². The molecule has 0 fully saturated rings. The van der Waals surface area contributed by atoms with Crippen molar-refractivity contribution in [3.63, 3.8) is 0 Å². The highest BCUT2D eigenvalue weighted by Crippen LogP contribution is 2.25. The van der Waals surface area contributed by atoms with Crippen molar-refractivity contribution in [2.45, 2.75) is 6.54 Å². The molecule has 0 unspecified atom stereocenters. The number of likely N-dealkylation sites (N-methyl/N-ethyl adjacent to an activating group) is 2. The van der Waals surface area contributed by atoms with E-state index in [0.29, 0.717) is 21.6 Å². The van der Waals surface area contributed by atoms with E-state index < -0.39 is 0 Å². The Bertz CT molecular complexity index is 1010. The number of aromatic nitrogens is 1. The van der Waals surface area contributed by atoms with Gasteiger partial charge in [0, 0.05) is 36.6 Å². The summed E-state index contributed by atoms with van der Waals surface area (Å²) in [5.41, 5.74) is 2.68. The van der Waals surface area contributed by atoms with Gasteiger partial charge in [-0.15, -0.1) is 22.7 Å². The fourth-order valence-electron chi connectivity index (χ4n) is 2.67. The summed E-state index contributed by atoms with van der Waals surface area (Å²) in [6.07, 6.45) is 0. The number of amidine groups is 1. The largest absolute Gasteiger partial charge is 0.358 e. The number of nitrogens with one attached hydrogen (secondary N) is 2. The van der Waals surface area contributed by atoms with Crippen molar-refractivity contribution in [1.29, 1.82) is 5.41 Å². The molecule has 0 saturated carbocycles. The summed E-state index contributed by atoms with van der Waals surface area (Å²) in [7, 11) is 5.99. The Balaban J connectivity index is 1.58. The normalized spacial score (nSPS) is 11.0. The number of nitrogens with zero attached hydrogens (tertiary/aromatic N) is 3. The molecule has 3 rings (SSSR count). The summed E-state index contributed by atoms with van der Waals surface area (Å²) in [5.74, 6) is 0.349. The van der Waals surface area contributed by atoms with Crippen LogP contribution in [0.15, 0.2) is 41.8 Å². The van der Waals surface area contributed by atoms with E-state index in [9.17, 15) is 4.79 Å². The van der Waals surface area contributed by atoms with E-state index in [4.69, 9.17) is 17.0 Å². The summed E-state index contributed by atoms with van der Waals surface area (Å²) in [6.45, 7) is 2.06. The van der Waals surface area contributed by atoms with Crippen molar-refractivity contribution in [3.05, 3.63) is 62.2 Å². The highest BCUT2D eigenvalue weighted by molar-refractivity contribution is 7.18. The number of rotatable bonds is 8. The quantitative estimate of drug-likeness (QED) is 0.388. The molecule has 30 heavy (non-hydrogen) atoms. The minimum Gasteiger partial charge on any atom is -0.358 e. The zero-order valence-corrected chi connectivity index (χ0v) is 19.5. The second-order valence-corrected chi connectivity index (χ2v) is 9.65. The van der Waals surface area contributed by atoms with Gasteiger partial charge in [0.2, 0.25) is 0 Å². The van der Waals surface area contributed by atoms with E-state index in [1.165, 1.54) is 22.7 Å². The minimum absolute atomic E-state index is 0.150. The molecule has 2 N–H and O–H groups in total. The monoisotopic (exact) mass is 461 g/mol. The summed E-state index contributed by atoms with van der Waals surface area (Å²) in [6, 6.07) is 11.3. The van der Waals surface area contributed by atoms with E-state index in [0.717, 1.165) is 34.9 Å². The first-order valence-electron chi connectivity index (χ1n) is 9.36. The lowest BCUT2D eigenvalue weighted by atomic mass is 10.1. The summed E-state index contributed by atoms with van der Waals surface area (Å²) < 4.78 is 0.594. The van der Waals surface area contributed by atoms with Gasteiger partial charge in [0.15, 0.2) is 0 Å². The molecule has 0 aliphatic carbocycles. The number of benzene rings is 1. The van der Waals surface area contributed by atoms with Gasteiger partial charge in [-0.2, -0.15) is 0 Å². The Morgan fingerprint density at radius 2 is 1.87 bits per heavy atom. The summed E-state index contributed by atoms with van der Waals surface area (Å²) in [4.78, 5) is 21.4. The van der Waals surface area contributed by atoms with Crippen LogP contribution in [0.2, 0.25) is 4.34 Å². The minimum atomic E-state index is -0.150. The molecule has 2 aromatic heterocycles. The number of amides is 1. The molecule has 6 nitrogen and oxygen atoms in total. The Labute approximate surface area is 189 Å². The van der Waals surface area contributed by atoms with Crippen molar-refractivity contribution < 1.29 is 4.79 Å². The standard InChI is InChI=1S/C21H24ClN5OS2/c1-26(2)10-11-27(3)19(23)14-4-6-15(7-5-14)21-25-16(13-29-21)12-24-20(28)17-8-9-18(22)30-17/h4-9,13,23H,10-12H2,1-3H3,(H,24,28). The van der Waals surface area contributed by atoms with Gasteiger partial charge in [0.1, 0.15) is 10.8 Å². The number of halogens is 1. The lowest BCUT2D eigenvalue weighted by Gasteiger charge is -2.22. The maximum Gasteiger partial charge on any atom is 0.261 e. The van der Waals surface area contributed by atoms with Crippen molar-refractivity contribution in [3.8, 4) is 10.6 Å². The predicted octanol–water partition coefficient (Wildman–Crippen LogP) is 4.27. The number of thiazole rings is 1. The van der Waals surface area contributed by atoms with E-state index in [1.807, 2.05) is 55.7 Å². The van der Waals surface area contributed by atoms with Gasteiger partial charge in [-0.05, 0) is 26.2 Å². The van der Waals surface area contributed by atoms with Gasteiger partial charge in [0.05, 0.1) is 21.5 Å². The fourth-order valence-corrected chi connectivity index (χ4v) is 4.45. The number of hydrogen-bond acceptors (Lipinski definition) is 6. The van der Waals surface area contributed by atoms with E-state index in [2.05, 4.69) is 15.2 Å². The lowest BCUT2D eigenvalue weighted by molar-refractivity contribution is 0.0954. The fraction of sp³-hybridized carbons (Fsp3) is 0.286. The van der Waals surface area contributed by atoms with Crippen molar-refractivity contribution in [1.82, 2.24) is 20.1 Å². The summed E-state index contributed by atoms with van der Waals surface area (Å²) >= 11 is 8.67. The average Bonchev–Trinajstić information content (AvgIpc) is 3.39. The highest BCUT2D eigenvalue weighted by Gasteiger charge is 2.12. The molecule has 158 valence electrons. The van der Waals surface area contributed by atoms with Crippen LogP contribution in [0.3, 0.4) is 0 Å². The maximum atomic E-state index is 12.1. The number of carbonyl (C=O) groups excluding carboxylic acids is 1. The third-order valence-corrected chi connectivity index (χ3v) is 6.62. The van der Waals surface area contributed by atoms with Crippen molar-refractivity contribution in [2.75, 3.05) is 34.2 Å². The molecule has 0 radical (unpaired) electrons. The first kappa shape index (κ1) is 22.4. The Hall–Kier alpha value is -2.26. The Kier molecular flexibility index (Phi) is 7.60. The smallest absolute Gasteiger partial charge is 0.261 e. The maximum absolute atomic E-state index is 12.1. The molecule has 0 aliphatic heterocycles. The van der Waals surface area contributed by atoms with Crippen LogP contribution in [0.4, 0.5) is 0 Å². The molecule has 0 bridgehead atoms. The van der Waals surface area contributed by atoms with Gasteiger partial charge in [-0.25, -0.2) is 4.98 Å². The molecule has 0 spiro atoms. The van der Waals surface area contributed by atoms with Gasteiger partial charge >= 0.3 is 0 Å². The predicted molar refractivity (Wildman–Crippen MR) is 126 cm³/mol. The van der Waals surface area contributed by atoms with Gasteiger partial charge in [-0.3, -0.25) is 10.2 Å². The summed E-state index contributed by atoms with van der Waals surface area (Å²) in [5, 5.41) is 14.1. The zero-order valence-electron chi connectivity index (χ0n) is 17.1. The number of carbonyl (C=O) groups is 1. The number of thiophene rings is 1. The van der Waals surface area contributed by atoms with Crippen LogP contribution in [0.5, 0.6) is 0 Å². The van der Waals surface area contributed by atoms with Crippen LogP contribution in [-0.4, -0.2) is 60.8 Å². The molecular formula is C21H24ClN5OS2. The average molecular weight is 462 g/mol. The van der Waals surface area contributed by atoms with Gasteiger partial charge in [0.25, 0.3) is 5.91 Å². The lowest BCUT2D eigenvalue weighted by Crippen LogP contribution is -2.33. The molecule has 1 amide bonds. The van der Waals surface area contributed by atoms with Crippen LogP contribution in [0, 0.1) is 5.41 Å². The molecule has 0 saturated heterocycles. The van der Waals surface area contributed by atoms with Crippen molar-refractivity contribution >= 4 is 46.0 Å². The van der Waals surface area contributed by atoms with Crippen LogP contribution in [-0.2, 0) is 6.54 Å². The molecule has 9 heteroatoms. The topological polar surface area (TPSA) is 72.3 Å². The van der Waals surface area contributed by atoms with Crippen molar-refractivity contribution in [2.24, 2.45) is 0 Å².